The van der Waals surface area contributed by atoms with Crippen LogP contribution in [-0.4, -0.2) is 32.2 Å². The minimum atomic E-state index is -0.152. The maximum Gasteiger partial charge on any atom is 0.267 e. The van der Waals surface area contributed by atoms with Crippen molar-refractivity contribution < 1.29 is 9.21 Å². The number of amides is 1. The molecule has 0 saturated carbocycles. The van der Waals surface area contributed by atoms with Crippen molar-refractivity contribution in [1.82, 2.24) is 14.9 Å². The quantitative estimate of drug-likeness (QED) is 0.378. The average molecular weight is 389 g/mol. The van der Waals surface area contributed by atoms with Crippen molar-refractivity contribution >= 4 is 35.1 Å². The Morgan fingerprint density at radius 2 is 1.86 bits per heavy atom. The van der Waals surface area contributed by atoms with Crippen LogP contribution in [0.3, 0.4) is 0 Å². The third-order valence-electron chi connectivity index (χ3n) is 3.80. The predicted molar refractivity (Wildman–Crippen MR) is 108 cm³/mol. The lowest BCUT2D eigenvalue weighted by molar-refractivity contribution is -0.122. The first kappa shape index (κ1) is 17.9. The molecule has 1 amide bonds. The van der Waals surface area contributed by atoms with E-state index in [9.17, 15) is 4.79 Å². The zero-order valence-corrected chi connectivity index (χ0v) is 15.5. The van der Waals surface area contributed by atoms with Gasteiger partial charge in [0.25, 0.3) is 5.91 Å². The lowest BCUT2D eigenvalue weighted by atomic mass is 10.2. The van der Waals surface area contributed by atoms with E-state index < -0.39 is 0 Å². The third kappa shape index (κ3) is 4.24. The van der Waals surface area contributed by atoms with Gasteiger partial charge in [0, 0.05) is 30.4 Å². The number of nitrogens with zero attached hydrogens (tertiary/aromatic N) is 5. The smallest absolute Gasteiger partial charge is 0.267 e. The first-order valence-corrected chi connectivity index (χ1v) is 9.26. The van der Waals surface area contributed by atoms with Crippen molar-refractivity contribution in [3.8, 4) is 0 Å². The maximum absolute atomic E-state index is 12.9. The van der Waals surface area contributed by atoms with Crippen molar-refractivity contribution in [2.75, 3.05) is 0 Å². The molecule has 0 atom stereocenters. The van der Waals surface area contributed by atoms with Crippen LogP contribution in [0.4, 0.5) is 0 Å². The van der Waals surface area contributed by atoms with Gasteiger partial charge < -0.3 is 4.42 Å². The zero-order valence-electron chi connectivity index (χ0n) is 14.7. The second-order valence-electron chi connectivity index (χ2n) is 5.78. The molecule has 7 nitrogen and oxygen atoms in total. The Balaban J connectivity index is 1.61. The average Bonchev–Trinajstić information content (AvgIpc) is 3.34. The van der Waals surface area contributed by atoms with Gasteiger partial charge in [0.2, 0.25) is 0 Å². The van der Waals surface area contributed by atoms with Gasteiger partial charge >= 0.3 is 0 Å². The van der Waals surface area contributed by atoms with Gasteiger partial charge in [-0.15, -0.1) is 5.10 Å². The van der Waals surface area contributed by atoms with Gasteiger partial charge in [-0.25, -0.2) is 0 Å². The minimum Gasteiger partial charge on any atom is -0.467 e. The van der Waals surface area contributed by atoms with E-state index >= 15 is 0 Å². The van der Waals surface area contributed by atoms with Crippen LogP contribution in [0.2, 0.25) is 0 Å². The number of rotatable bonds is 5. The van der Waals surface area contributed by atoms with Gasteiger partial charge in [-0.05, 0) is 47.7 Å². The summed E-state index contributed by atoms with van der Waals surface area (Å²) in [6, 6.07) is 11.0. The second kappa shape index (κ2) is 8.45. The summed E-state index contributed by atoms with van der Waals surface area (Å²) in [4.78, 5) is 23.1. The number of carbonyl (C=O) groups is 1. The van der Waals surface area contributed by atoms with Crippen molar-refractivity contribution in [1.29, 1.82) is 0 Å². The van der Waals surface area contributed by atoms with Crippen molar-refractivity contribution in [3.63, 3.8) is 0 Å². The van der Waals surface area contributed by atoms with Crippen LogP contribution in [0.5, 0.6) is 0 Å². The van der Waals surface area contributed by atoms with Crippen LogP contribution >= 0.6 is 11.8 Å². The van der Waals surface area contributed by atoms with Gasteiger partial charge in [-0.2, -0.15) is 5.10 Å². The fourth-order valence-corrected chi connectivity index (χ4v) is 3.43. The molecule has 0 radical (unpaired) electrons. The molecular formula is C20H15N5O2S. The van der Waals surface area contributed by atoms with Crippen molar-refractivity contribution in [3.05, 3.63) is 89.2 Å². The monoisotopic (exact) mass is 389 g/mol. The lowest BCUT2D eigenvalue weighted by Crippen LogP contribution is -2.28. The Morgan fingerprint density at radius 3 is 2.54 bits per heavy atom. The highest BCUT2D eigenvalue weighted by atomic mass is 32.2. The lowest BCUT2D eigenvalue weighted by Gasteiger charge is -2.12. The van der Waals surface area contributed by atoms with Gasteiger partial charge in [0.15, 0.2) is 5.17 Å². The summed E-state index contributed by atoms with van der Waals surface area (Å²) in [5, 5.41) is 8.85. The zero-order chi connectivity index (χ0) is 19.2. The molecule has 0 spiro atoms. The van der Waals surface area contributed by atoms with E-state index in [4.69, 9.17) is 4.42 Å². The maximum atomic E-state index is 12.9. The van der Waals surface area contributed by atoms with E-state index in [2.05, 4.69) is 20.2 Å². The van der Waals surface area contributed by atoms with E-state index in [0.717, 1.165) is 11.1 Å². The fourth-order valence-electron chi connectivity index (χ4n) is 2.49. The van der Waals surface area contributed by atoms with Crippen LogP contribution < -0.4 is 0 Å². The number of hydrogen-bond acceptors (Lipinski definition) is 7. The molecule has 1 fully saturated rings. The Labute approximate surface area is 165 Å². The normalized spacial score (nSPS) is 17.3. The number of furan rings is 1. The SMILES string of the molecule is O=C1/C(=C/c2cccnc2)S/C(=N/N=C/c2cccnc2)N1Cc1ccco1. The molecule has 0 unspecified atom stereocenters. The summed E-state index contributed by atoms with van der Waals surface area (Å²) in [6.45, 7) is 0.282. The summed E-state index contributed by atoms with van der Waals surface area (Å²) in [5.41, 5.74) is 1.67. The van der Waals surface area contributed by atoms with Crippen molar-refractivity contribution in [2.45, 2.75) is 6.54 Å². The molecule has 4 rings (SSSR count). The molecule has 138 valence electrons. The Kier molecular flexibility index (Phi) is 5.39. The van der Waals surface area contributed by atoms with E-state index in [1.54, 1.807) is 54.3 Å². The number of amidine groups is 1. The fraction of sp³-hybridized carbons (Fsp3) is 0.0500. The topological polar surface area (TPSA) is 83.9 Å². The predicted octanol–water partition coefficient (Wildman–Crippen LogP) is 3.58. The van der Waals surface area contributed by atoms with Crippen LogP contribution in [-0.2, 0) is 11.3 Å². The van der Waals surface area contributed by atoms with Crippen LogP contribution in [0.1, 0.15) is 16.9 Å². The molecule has 1 aliphatic heterocycles. The molecule has 0 aromatic carbocycles. The highest BCUT2D eigenvalue weighted by Crippen LogP contribution is 2.33. The number of pyridine rings is 2. The van der Waals surface area contributed by atoms with Crippen LogP contribution in [0.15, 0.2) is 87.0 Å². The molecule has 8 heteroatoms. The largest absolute Gasteiger partial charge is 0.467 e. The highest BCUT2D eigenvalue weighted by molar-refractivity contribution is 8.18. The number of aromatic nitrogens is 2. The van der Waals surface area contributed by atoms with Crippen LogP contribution in [0.25, 0.3) is 6.08 Å². The summed E-state index contributed by atoms with van der Waals surface area (Å²) >= 11 is 1.27. The van der Waals surface area contributed by atoms with E-state index in [1.807, 2.05) is 30.3 Å². The second-order valence-corrected chi connectivity index (χ2v) is 6.79. The molecule has 4 heterocycles. The van der Waals surface area contributed by atoms with E-state index in [-0.39, 0.29) is 12.5 Å². The number of hydrogen-bond donors (Lipinski definition) is 0. The summed E-state index contributed by atoms with van der Waals surface area (Å²) in [5.74, 6) is 0.515. The summed E-state index contributed by atoms with van der Waals surface area (Å²) < 4.78 is 5.39. The minimum absolute atomic E-state index is 0.152. The highest BCUT2D eigenvalue weighted by Gasteiger charge is 2.34. The third-order valence-corrected chi connectivity index (χ3v) is 4.80. The van der Waals surface area contributed by atoms with Gasteiger partial charge in [0.1, 0.15) is 5.76 Å². The molecule has 1 saturated heterocycles. The first-order valence-electron chi connectivity index (χ1n) is 8.44. The molecule has 0 bridgehead atoms. The Morgan fingerprint density at radius 1 is 1.07 bits per heavy atom. The Bertz CT molecular complexity index is 1030. The molecular weight excluding hydrogens is 374 g/mol. The van der Waals surface area contributed by atoms with Gasteiger partial charge in [-0.1, -0.05) is 12.1 Å². The summed E-state index contributed by atoms with van der Waals surface area (Å²) in [6.07, 6.45) is 11.7. The molecule has 28 heavy (non-hydrogen) atoms. The van der Waals surface area contributed by atoms with Crippen molar-refractivity contribution in [2.24, 2.45) is 10.2 Å². The molecule has 3 aromatic rings. The van der Waals surface area contributed by atoms with Gasteiger partial charge in [0.05, 0.1) is 23.9 Å². The number of thioether (sulfide) groups is 1. The van der Waals surface area contributed by atoms with Gasteiger partial charge in [-0.3, -0.25) is 19.7 Å². The molecule has 0 N–H and O–H groups in total. The van der Waals surface area contributed by atoms with E-state index in [1.165, 1.54) is 11.8 Å². The first-order chi connectivity index (χ1) is 13.8. The molecule has 1 aliphatic rings. The van der Waals surface area contributed by atoms with Crippen LogP contribution in [0, 0.1) is 0 Å². The number of carbonyl (C=O) groups excluding carboxylic acids is 1. The Hall–Kier alpha value is -3.52. The summed E-state index contributed by atoms with van der Waals surface area (Å²) in [7, 11) is 0. The molecule has 0 aliphatic carbocycles. The standard InChI is InChI=1S/C20H15N5O2S/c26-19-18(10-15-4-1-7-21-11-15)28-20(25(19)14-17-6-3-9-27-17)24-23-13-16-5-2-8-22-12-16/h1-13H,14H2/b18-10-,23-13+,24-20+. The molecule has 3 aromatic heterocycles. The van der Waals surface area contributed by atoms with E-state index in [0.29, 0.717) is 15.8 Å².